The fourth-order valence-corrected chi connectivity index (χ4v) is 4.36. The number of rotatable bonds is 4. The van der Waals surface area contributed by atoms with Crippen LogP contribution in [0.2, 0.25) is 0 Å². The summed E-state index contributed by atoms with van der Waals surface area (Å²) in [6, 6.07) is 2.04. The van der Waals surface area contributed by atoms with E-state index in [4.69, 9.17) is 4.74 Å². The molecule has 1 saturated carbocycles. The molecule has 1 unspecified atom stereocenters. The molecule has 1 heterocycles. The number of carbonyl (C=O) groups excluding carboxylic acids is 1. The molecule has 100 valence electrons. The normalized spacial score (nSPS) is 17.9. The monoisotopic (exact) mass is 395 g/mol. The fraction of sp³-hybridized carbons (Fsp3) is 0.583. The van der Waals surface area contributed by atoms with Gasteiger partial charge >= 0.3 is 5.97 Å². The summed E-state index contributed by atoms with van der Waals surface area (Å²) in [5, 5.41) is 3.42. The third kappa shape index (κ3) is 3.35. The van der Waals surface area contributed by atoms with Crippen molar-refractivity contribution in [3.8, 4) is 0 Å². The molecular weight excluding hydrogens is 382 g/mol. The second-order valence-electron chi connectivity index (χ2n) is 4.37. The van der Waals surface area contributed by atoms with Gasteiger partial charge in [-0.3, -0.25) is 5.32 Å². The lowest BCUT2D eigenvalue weighted by Gasteiger charge is -2.19. The zero-order valence-corrected chi connectivity index (χ0v) is 14.0. The van der Waals surface area contributed by atoms with Gasteiger partial charge in [-0.2, -0.15) is 0 Å². The van der Waals surface area contributed by atoms with E-state index >= 15 is 0 Å². The molecule has 1 aliphatic rings. The maximum Gasteiger partial charge on any atom is 0.328 e. The van der Waals surface area contributed by atoms with Crippen LogP contribution >= 0.6 is 43.2 Å². The Kier molecular flexibility index (Phi) is 5.24. The topological polar surface area (TPSA) is 38.3 Å². The van der Waals surface area contributed by atoms with Crippen molar-refractivity contribution in [3.63, 3.8) is 0 Å². The summed E-state index contributed by atoms with van der Waals surface area (Å²) < 4.78 is 6.88. The molecule has 1 N–H and O–H groups in total. The van der Waals surface area contributed by atoms with Crippen molar-refractivity contribution in [1.82, 2.24) is 5.32 Å². The van der Waals surface area contributed by atoms with Crippen LogP contribution in [0.1, 0.15) is 36.6 Å². The predicted octanol–water partition coefficient (Wildman–Crippen LogP) is 4.02. The van der Waals surface area contributed by atoms with E-state index in [1.54, 1.807) is 11.3 Å². The third-order valence-electron chi connectivity index (χ3n) is 3.14. The zero-order chi connectivity index (χ0) is 13.1. The number of thiophene rings is 1. The molecule has 0 bridgehead atoms. The number of hydrogen-bond donors (Lipinski definition) is 1. The molecular formula is C12H15Br2NO2S. The number of carbonyl (C=O) groups is 1. The summed E-state index contributed by atoms with van der Waals surface area (Å²) in [6.07, 6.45) is 4.76. The van der Waals surface area contributed by atoms with Gasteiger partial charge in [0.1, 0.15) is 6.04 Å². The molecule has 1 atom stereocenters. The van der Waals surface area contributed by atoms with E-state index < -0.39 is 0 Å². The molecule has 0 saturated heterocycles. The lowest BCUT2D eigenvalue weighted by Crippen LogP contribution is -2.35. The molecule has 1 aromatic heterocycles. The highest BCUT2D eigenvalue weighted by molar-refractivity contribution is 9.13. The Balaban J connectivity index is 2.16. The van der Waals surface area contributed by atoms with E-state index in [2.05, 4.69) is 37.2 Å². The standard InChI is InChI=1S/C12H15Br2NO2S/c1-17-12(16)10(15-7-4-2-3-5-7)9-6-8(13)11(14)18-9/h6-7,10,15H,2-5H2,1H3. The third-order valence-corrected chi connectivity index (χ3v) is 6.46. The van der Waals surface area contributed by atoms with Crippen molar-refractivity contribution in [2.24, 2.45) is 0 Å². The van der Waals surface area contributed by atoms with Crippen LogP contribution in [0.15, 0.2) is 14.3 Å². The maximum absolute atomic E-state index is 11.9. The second-order valence-corrected chi connectivity index (χ2v) is 7.63. The first-order chi connectivity index (χ1) is 8.61. The highest BCUT2D eigenvalue weighted by Crippen LogP contribution is 2.36. The largest absolute Gasteiger partial charge is 0.468 e. The van der Waals surface area contributed by atoms with Crippen LogP contribution in [-0.4, -0.2) is 19.1 Å². The SMILES string of the molecule is COC(=O)C(NC1CCCC1)c1cc(Br)c(Br)s1. The maximum atomic E-state index is 11.9. The number of hydrogen-bond acceptors (Lipinski definition) is 4. The van der Waals surface area contributed by atoms with Crippen molar-refractivity contribution in [3.05, 3.63) is 19.2 Å². The number of methoxy groups -OCH3 is 1. The molecule has 1 aromatic rings. The van der Waals surface area contributed by atoms with Crippen LogP contribution in [0.3, 0.4) is 0 Å². The van der Waals surface area contributed by atoms with E-state index in [0.29, 0.717) is 6.04 Å². The quantitative estimate of drug-likeness (QED) is 0.781. The molecule has 0 aliphatic heterocycles. The van der Waals surface area contributed by atoms with Crippen LogP contribution in [-0.2, 0) is 9.53 Å². The number of esters is 1. The molecule has 1 fully saturated rings. The molecule has 0 radical (unpaired) electrons. The first kappa shape index (κ1) is 14.5. The highest BCUT2D eigenvalue weighted by Gasteiger charge is 2.28. The number of ether oxygens (including phenoxy) is 1. The molecule has 2 rings (SSSR count). The van der Waals surface area contributed by atoms with E-state index in [0.717, 1.165) is 26.0 Å². The van der Waals surface area contributed by atoms with Gasteiger partial charge < -0.3 is 4.74 Å². The summed E-state index contributed by atoms with van der Waals surface area (Å²) in [5.74, 6) is -0.219. The summed E-state index contributed by atoms with van der Waals surface area (Å²) in [7, 11) is 1.43. The van der Waals surface area contributed by atoms with Gasteiger partial charge in [-0.05, 0) is 50.8 Å². The van der Waals surface area contributed by atoms with Gasteiger partial charge in [0.05, 0.1) is 10.9 Å². The first-order valence-corrected chi connectivity index (χ1v) is 8.30. The molecule has 0 spiro atoms. The van der Waals surface area contributed by atoms with Gasteiger partial charge in [-0.25, -0.2) is 4.79 Å². The van der Waals surface area contributed by atoms with Crippen LogP contribution in [0.5, 0.6) is 0 Å². The van der Waals surface area contributed by atoms with E-state index in [9.17, 15) is 4.79 Å². The molecule has 0 amide bonds. The van der Waals surface area contributed by atoms with E-state index in [1.165, 1.54) is 20.0 Å². The smallest absolute Gasteiger partial charge is 0.328 e. The molecule has 6 heteroatoms. The molecule has 3 nitrogen and oxygen atoms in total. The minimum absolute atomic E-state index is 0.219. The Labute approximate surface area is 128 Å². The van der Waals surface area contributed by atoms with Crippen LogP contribution in [0, 0.1) is 0 Å². The fourth-order valence-electron chi connectivity index (χ4n) is 2.22. The Morgan fingerprint density at radius 1 is 1.50 bits per heavy atom. The summed E-state index contributed by atoms with van der Waals surface area (Å²) in [4.78, 5) is 12.9. The van der Waals surface area contributed by atoms with E-state index in [-0.39, 0.29) is 12.0 Å². The van der Waals surface area contributed by atoms with Crippen LogP contribution in [0.4, 0.5) is 0 Å². The van der Waals surface area contributed by atoms with Gasteiger partial charge in [0.2, 0.25) is 0 Å². The minimum Gasteiger partial charge on any atom is -0.468 e. The average molecular weight is 397 g/mol. The first-order valence-electron chi connectivity index (χ1n) is 5.90. The lowest BCUT2D eigenvalue weighted by atomic mass is 10.2. The highest BCUT2D eigenvalue weighted by atomic mass is 79.9. The van der Waals surface area contributed by atoms with E-state index in [1.807, 2.05) is 6.07 Å². The minimum atomic E-state index is -0.356. The molecule has 18 heavy (non-hydrogen) atoms. The van der Waals surface area contributed by atoms with Gasteiger partial charge in [0.25, 0.3) is 0 Å². The molecule has 0 aromatic carbocycles. The number of nitrogens with one attached hydrogen (secondary N) is 1. The number of halogens is 2. The summed E-state index contributed by atoms with van der Waals surface area (Å²) in [6.45, 7) is 0. The Morgan fingerprint density at radius 3 is 2.67 bits per heavy atom. The predicted molar refractivity (Wildman–Crippen MR) is 79.9 cm³/mol. The van der Waals surface area contributed by atoms with Crippen molar-refractivity contribution in [1.29, 1.82) is 0 Å². The molecule has 1 aliphatic carbocycles. The van der Waals surface area contributed by atoms with Crippen LogP contribution < -0.4 is 5.32 Å². The van der Waals surface area contributed by atoms with Gasteiger partial charge in [-0.1, -0.05) is 12.8 Å². The van der Waals surface area contributed by atoms with Crippen molar-refractivity contribution in [2.45, 2.75) is 37.8 Å². The Hall–Kier alpha value is 0.0900. The van der Waals surface area contributed by atoms with Crippen molar-refractivity contribution < 1.29 is 9.53 Å². The lowest BCUT2D eigenvalue weighted by molar-refractivity contribution is -0.143. The van der Waals surface area contributed by atoms with Crippen LogP contribution in [0.25, 0.3) is 0 Å². The average Bonchev–Trinajstić information content (AvgIpc) is 2.96. The van der Waals surface area contributed by atoms with Crippen molar-refractivity contribution >= 4 is 49.2 Å². The Bertz CT molecular complexity index is 410. The second kappa shape index (κ2) is 6.50. The van der Waals surface area contributed by atoms with Gasteiger partial charge in [0.15, 0.2) is 0 Å². The van der Waals surface area contributed by atoms with Gasteiger partial charge in [-0.15, -0.1) is 11.3 Å². The van der Waals surface area contributed by atoms with Crippen molar-refractivity contribution in [2.75, 3.05) is 7.11 Å². The van der Waals surface area contributed by atoms with Gasteiger partial charge in [0, 0.05) is 15.4 Å². The zero-order valence-electron chi connectivity index (χ0n) is 10.0. The summed E-state index contributed by atoms with van der Waals surface area (Å²) >= 11 is 8.47. The Morgan fingerprint density at radius 2 is 2.17 bits per heavy atom. The summed E-state index contributed by atoms with van der Waals surface area (Å²) in [5.41, 5.74) is 0.